The molecule has 0 unspecified atom stereocenters. The maximum atomic E-state index is 11.7. The number of carbonyl (C=O) groups excluding carboxylic acids is 1. The minimum absolute atomic E-state index is 0.0479. The number of hydrogen-bond acceptors (Lipinski definition) is 3. The molecule has 0 fully saturated rings. The molecule has 0 saturated carbocycles. The van der Waals surface area contributed by atoms with Gasteiger partial charge in [0.1, 0.15) is 0 Å². The van der Waals surface area contributed by atoms with Gasteiger partial charge in [0.25, 0.3) is 0 Å². The summed E-state index contributed by atoms with van der Waals surface area (Å²) in [6, 6.07) is 9.54. The third kappa shape index (κ3) is 2.67. The number of carbonyl (C=O) groups is 1. The van der Waals surface area contributed by atoms with E-state index in [-0.39, 0.29) is 17.2 Å². The molecule has 2 aromatic rings. The molecule has 16 heavy (non-hydrogen) atoms. The van der Waals surface area contributed by atoms with Gasteiger partial charge in [-0.25, -0.2) is 0 Å². The molecule has 0 N–H and O–H groups in total. The molecule has 3 nitrogen and oxygen atoms in total. The maximum absolute atomic E-state index is 11.7. The van der Waals surface area contributed by atoms with Crippen LogP contribution in [0.3, 0.4) is 0 Å². The molecule has 82 valence electrons. The van der Waals surface area contributed by atoms with Crippen molar-refractivity contribution in [2.24, 2.45) is 0 Å². The maximum Gasteiger partial charge on any atom is 0.307 e. The van der Waals surface area contributed by atoms with Gasteiger partial charge in [0.05, 0.1) is 6.54 Å². The van der Waals surface area contributed by atoms with Crippen LogP contribution in [0.15, 0.2) is 46.7 Å². The molecule has 0 spiro atoms. The molecule has 1 aromatic heterocycles. The molecule has 0 saturated heterocycles. The molecule has 4 heteroatoms. The monoisotopic (exact) mass is 233 g/mol. The summed E-state index contributed by atoms with van der Waals surface area (Å²) in [6.45, 7) is 0.164. The quantitative estimate of drug-likeness (QED) is 0.806. The van der Waals surface area contributed by atoms with Crippen molar-refractivity contribution in [1.29, 1.82) is 0 Å². The predicted octanol–water partition coefficient (Wildman–Crippen LogP) is 1.72. The number of nitrogens with zero attached hydrogens (tertiary/aromatic N) is 1. The second kappa shape index (κ2) is 4.90. The van der Waals surface area contributed by atoms with Gasteiger partial charge in [-0.3, -0.25) is 14.2 Å². The Morgan fingerprint density at radius 3 is 2.62 bits per heavy atom. The lowest BCUT2D eigenvalue weighted by Crippen LogP contribution is -2.19. The third-order valence-corrected chi connectivity index (χ3v) is 2.93. The molecule has 0 aliphatic carbocycles. The van der Waals surface area contributed by atoms with Crippen molar-refractivity contribution in [1.82, 2.24) is 4.57 Å². The number of aromatic nitrogens is 1. The smallest absolute Gasteiger partial charge is 0.299 e. The first-order chi connectivity index (χ1) is 7.75. The van der Waals surface area contributed by atoms with Crippen LogP contribution in [0.2, 0.25) is 0 Å². The van der Waals surface area contributed by atoms with Crippen molar-refractivity contribution in [3.8, 4) is 0 Å². The van der Waals surface area contributed by atoms with E-state index in [0.717, 1.165) is 16.9 Å². The Morgan fingerprint density at radius 2 is 2.00 bits per heavy atom. The average Bonchev–Trinajstić information content (AvgIpc) is 2.66. The summed E-state index contributed by atoms with van der Waals surface area (Å²) in [4.78, 5) is 22.8. The van der Waals surface area contributed by atoms with Gasteiger partial charge in [-0.1, -0.05) is 41.7 Å². The molecular formula is C12H11NO2S. The Bertz CT molecular complexity index is 527. The summed E-state index contributed by atoms with van der Waals surface area (Å²) in [7, 11) is 0. The van der Waals surface area contributed by atoms with Crippen LogP contribution in [0, 0.1) is 0 Å². The lowest BCUT2D eigenvalue weighted by atomic mass is 10.1. The lowest BCUT2D eigenvalue weighted by Gasteiger charge is -2.01. The van der Waals surface area contributed by atoms with Crippen LogP contribution in [-0.2, 0) is 17.8 Å². The zero-order valence-corrected chi connectivity index (χ0v) is 9.44. The van der Waals surface area contributed by atoms with E-state index in [4.69, 9.17) is 0 Å². The van der Waals surface area contributed by atoms with Gasteiger partial charge < -0.3 is 0 Å². The fourth-order valence-electron chi connectivity index (χ4n) is 1.48. The minimum atomic E-state index is -0.0820. The van der Waals surface area contributed by atoms with Gasteiger partial charge in [0.15, 0.2) is 5.78 Å². The van der Waals surface area contributed by atoms with E-state index >= 15 is 0 Å². The van der Waals surface area contributed by atoms with Crippen molar-refractivity contribution in [3.63, 3.8) is 0 Å². The standard InChI is InChI=1S/C12H11NO2S/c14-11(8-10-4-2-1-3-5-10)9-13-6-7-16-12(13)15/h1-7H,8-9H2. The third-order valence-electron chi connectivity index (χ3n) is 2.23. The van der Waals surface area contributed by atoms with Crippen LogP contribution < -0.4 is 4.87 Å². The van der Waals surface area contributed by atoms with E-state index in [1.54, 1.807) is 11.6 Å². The number of benzene rings is 1. The van der Waals surface area contributed by atoms with E-state index in [2.05, 4.69) is 0 Å². The predicted molar refractivity (Wildman–Crippen MR) is 63.7 cm³/mol. The molecular weight excluding hydrogens is 222 g/mol. The van der Waals surface area contributed by atoms with Gasteiger partial charge in [-0.2, -0.15) is 0 Å². The highest BCUT2D eigenvalue weighted by Gasteiger charge is 2.06. The summed E-state index contributed by atoms with van der Waals surface area (Å²) >= 11 is 1.11. The summed E-state index contributed by atoms with van der Waals surface area (Å²) < 4.78 is 1.44. The van der Waals surface area contributed by atoms with E-state index in [1.165, 1.54) is 4.57 Å². The van der Waals surface area contributed by atoms with Crippen molar-refractivity contribution >= 4 is 17.1 Å². The van der Waals surface area contributed by atoms with Crippen molar-refractivity contribution in [2.75, 3.05) is 0 Å². The first-order valence-corrected chi connectivity index (χ1v) is 5.83. The largest absolute Gasteiger partial charge is 0.307 e. The van der Waals surface area contributed by atoms with Crippen molar-refractivity contribution in [2.45, 2.75) is 13.0 Å². The van der Waals surface area contributed by atoms with Gasteiger partial charge >= 0.3 is 4.87 Å². The number of ketones is 1. The number of rotatable bonds is 4. The minimum Gasteiger partial charge on any atom is -0.299 e. The highest BCUT2D eigenvalue weighted by molar-refractivity contribution is 7.07. The lowest BCUT2D eigenvalue weighted by molar-refractivity contribution is -0.119. The van der Waals surface area contributed by atoms with E-state index in [0.29, 0.717) is 6.42 Å². The Morgan fingerprint density at radius 1 is 1.25 bits per heavy atom. The van der Waals surface area contributed by atoms with Crippen LogP contribution >= 0.6 is 11.3 Å². The van der Waals surface area contributed by atoms with Gasteiger partial charge in [-0.15, -0.1) is 0 Å². The van der Waals surface area contributed by atoms with Crippen LogP contribution in [0.25, 0.3) is 0 Å². The molecule has 0 aliphatic rings. The number of thiazole rings is 1. The van der Waals surface area contributed by atoms with Gasteiger partial charge in [-0.05, 0) is 5.56 Å². The van der Waals surface area contributed by atoms with Crippen molar-refractivity contribution < 1.29 is 4.79 Å². The van der Waals surface area contributed by atoms with Crippen molar-refractivity contribution in [3.05, 3.63) is 57.1 Å². The van der Waals surface area contributed by atoms with E-state index in [9.17, 15) is 9.59 Å². The molecule has 0 atom stereocenters. The van der Waals surface area contributed by atoms with E-state index < -0.39 is 0 Å². The first-order valence-electron chi connectivity index (χ1n) is 4.95. The van der Waals surface area contributed by atoms with Gasteiger partial charge in [0, 0.05) is 18.0 Å². The SMILES string of the molecule is O=C(Cc1ccccc1)Cn1ccsc1=O. The number of Topliss-reactive ketones (excluding diaryl/α,β-unsaturated/α-hetero) is 1. The fraction of sp³-hybridized carbons (Fsp3) is 0.167. The van der Waals surface area contributed by atoms with Crippen LogP contribution in [0.5, 0.6) is 0 Å². The Balaban J connectivity index is 2.00. The molecule has 0 aliphatic heterocycles. The van der Waals surface area contributed by atoms with Crippen LogP contribution in [0.4, 0.5) is 0 Å². The highest BCUT2D eigenvalue weighted by atomic mass is 32.1. The average molecular weight is 233 g/mol. The van der Waals surface area contributed by atoms with E-state index in [1.807, 2.05) is 30.3 Å². The zero-order chi connectivity index (χ0) is 11.4. The summed E-state index contributed by atoms with van der Waals surface area (Å²) in [5, 5.41) is 1.69. The second-order valence-corrected chi connectivity index (χ2v) is 4.35. The molecule has 0 radical (unpaired) electrons. The Hall–Kier alpha value is -1.68. The topological polar surface area (TPSA) is 39.1 Å². The van der Waals surface area contributed by atoms with Gasteiger partial charge in [0.2, 0.25) is 0 Å². The molecule has 2 rings (SSSR count). The molecule has 0 bridgehead atoms. The zero-order valence-electron chi connectivity index (χ0n) is 8.63. The molecule has 1 heterocycles. The summed E-state index contributed by atoms with van der Waals surface area (Å²) in [5.74, 6) is 0.0479. The summed E-state index contributed by atoms with van der Waals surface area (Å²) in [5.41, 5.74) is 0.982. The first kappa shape index (κ1) is 10.8. The summed E-state index contributed by atoms with van der Waals surface area (Å²) in [6.07, 6.45) is 2.03. The Labute approximate surface area is 97.0 Å². The highest BCUT2D eigenvalue weighted by Crippen LogP contribution is 2.01. The van der Waals surface area contributed by atoms with Crippen LogP contribution in [0.1, 0.15) is 5.56 Å². The Kier molecular flexibility index (Phi) is 3.31. The number of hydrogen-bond donors (Lipinski definition) is 0. The molecule has 1 aromatic carbocycles. The normalized spacial score (nSPS) is 10.2. The molecule has 0 amide bonds. The van der Waals surface area contributed by atoms with Crippen LogP contribution in [-0.4, -0.2) is 10.4 Å². The second-order valence-electron chi connectivity index (χ2n) is 3.50. The fourth-order valence-corrected chi connectivity index (χ4v) is 2.06.